The molecule has 64 valence electrons. The van der Waals surface area contributed by atoms with Crippen LogP contribution >= 0.6 is 0 Å². The molecule has 0 amide bonds. The molecule has 12 heavy (non-hydrogen) atoms. The van der Waals surface area contributed by atoms with Crippen LogP contribution in [0.5, 0.6) is 0 Å². The summed E-state index contributed by atoms with van der Waals surface area (Å²) in [6.07, 6.45) is 2.06. The van der Waals surface area contributed by atoms with Crippen molar-refractivity contribution in [1.29, 1.82) is 0 Å². The third-order valence-corrected chi connectivity index (χ3v) is 2.05. The summed E-state index contributed by atoms with van der Waals surface area (Å²) in [5.41, 5.74) is 1.05. The lowest BCUT2D eigenvalue weighted by molar-refractivity contribution is -0.531. The molecule has 0 unspecified atom stereocenters. The maximum Gasteiger partial charge on any atom is 0.259 e. The lowest BCUT2D eigenvalue weighted by Crippen LogP contribution is -2.17. The lowest BCUT2D eigenvalue weighted by Gasteiger charge is -2.10. The summed E-state index contributed by atoms with van der Waals surface area (Å²) >= 11 is 0. The SMILES string of the molecule is O=[N+]([O-])[C@H]1CCCc2nonc21. The number of aromatic nitrogens is 2. The molecule has 0 spiro atoms. The first kappa shape index (κ1) is 7.20. The van der Waals surface area contributed by atoms with E-state index in [1.54, 1.807) is 0 Å². The van der Waals surface area contributed by atoms with Crippen LogP contribution in [0.25, 0.3) is 0 Å². The van der Waals surface area contributed by atoms with Crippen molar-refractivity contribution in [3.63, 3.8) is 0 Å². The lowest BCUT2D eigenvalue weighted by atomic mass is 9.97. The van der Waals surface area contributed by atoms with Gasteiger partial charge >= 0.3 is 0 Å². The average Bonchev–Trinajstić information content (AvgIpc) is 2.49. The van der Waals surface area contributed by atoms with Gasteiger partial charge in [0.2, 0.25) is 0 Å². The van der Waals surface area contributed by atoms with Crippen LogP contribution < -0.4 is 0 Å². The van der Waals surface area contributed by atoms with Crippen LogP contribution in [0.4, 0.5) is 0 Å². The molecule has 6 nitrogen and oxygen atoms in total. The topological polar surface area (TPSA) is 82.1 Å². The maximum atomic E-state index is 10.5. The zero-order valence-electron chi connectivity index (χ0n) is 6.27. The van der Waals surface area contributed by atoms with Crippen LogP contribution in [0.3, 0.4) is 0 Å². The molecule has 0 aromatic carbocycles. The highest BCUT2D eigenvalue weighted by Gasteiger charge is 2.33. The summed E-state index contributed by atoms with van der Waals surface area (Å²) in [5, 5.41) is 17.6. The number of fused-ring (bicyclic) bond motifs is 1. The number of hydrogen-bond acceptors (Lipinski definition) is 5. The Hall–Kier alpha value is -1.46. The van der Waals surface area contributed by atoms with Crippen LogP contribution in [-0.2, 0) is 6.42 Å². The van der Waals surface area contributed by atoms with Gasteiger partial charge in [-0.25, -0.2) is 4.63 Å². The molecule has 0 saturated heterocycles. The van der Waals surface area contributed by atoms with Gasteiger partial charge in [0.1, 0.15) is 5.69 Å². The summed E-state index contributed by atoms with van der Waals surface area (Å²) in [6, 6.07) is -0.708. The summed E-state index contributed by atoms with van der Waals surface area (Å²) in [4.78, 5) is 10.2. The van der Waals surface area contributed by atoms with Crippen molar-refractivity contribution in [3.05, 3.63) is 21.5 Å². The summed E-state index contributed by atoms with van der Waals surface area (Å²) in [6.45, 7) is 0. The third kappa shape index (κ3) is 0.956. The van der Waals surface area contributed by atoms with E-state index in [-0.39, 0.29) is 4.92 Å². The zero-order valence-corrected chi connectivity index (χ0v) is 6.27. The Morgan fingerprint density at radius 2 is 2.42 bits per heavy atom. The number of nitro groups is 1. The van der Waals surface area contributed by atoms with Crippen molar-refractivity contribution in [2.24, 2.45) is 0 Å². The molecule has 1 aromatic rings. The molecule has 2 rings (SSSR count). The van der Waals surface area contributed by atoms with Crippen LogP contribution in [0.1, 0.15) is 30.3 Å². The second kappa shape index (κ2) is 2.54. The van der Waals surface area contributed by atoms with Gasteiger partial charge in [-0.15, -0.1) is 0 Å². The molecular formula is C6H7N3O3. The van der Waals surface area contributed by atoms with Gasteiger partial charge in [-0.05, 0) is 18.0 Å². The van der Waals surface area contributed by atoms with Gasteiger partial charge in [-0.1, -0.05) is 5.16 Å². The second-order valence-electron chi connectivity index (χ2n) is 2.79. The molecule has 6 heteroatoms. The van der Waals surface area contributed by atoms with Gasteiger partial charge in [0.05, 0.1) is 0 Å². The minimum absolute atomic E-state index is 0.331. The van der Waals surface area contributed by atoms with E-state index in [1.165, 1.54) is 0 Å². The Morgan fingerprint density at radius 1 is 1.58 bits per heavy atom. The monoisotopic (exact) mass is 169 g/mol. The smallest absolute Gasteiger partial charge is 0.259 e. The van der Waals surface area contributed by atoms with E-state index in [9.17, 15) is 10.1 Å². The zero-order chi connectivity index (χ0) is 8.55. The van der Waals surface area contributed by atoms with E-state index in [0.717, 1.165) is 12.8 Å². The Bertz CT molecular complexity index is 309. The van der Waals surface area contributed by atoms with E-state index in [1.807, 2.05) is 0 Å². The fourth-order valence-electron chi connectivity index (χ4n) is 1.44. The summed E-state index contributed by atoms with van der Waals surface area (Å²) in [5.74, 6) is 0. The Balaban J connectivity index is 2.37. The molecule has 1 aliphatic carbocycles. The first-order valence-corrected chi connectivity index (χ1v) is 3.74. The first-order valence-electron chi connectivity index (χ1n) is 3.74. The molecule has 0 aliphatic heterocycles. The van der Waals surface area contributed by atoms with Gasteiger partial charge in [-0.2, -0.15) is 0 Å². The van der Waals surface area contributed by atoms with Gasteiger partial charge < -0.3 is 0 Å². The Labute approximate surface area is 67.7 Å². The normalized spacial score (nSPS) is 21.8. The molecule has 0 N–H and O–H groups in total. The van der Waals surface area contributed by atoms with E-state index in [4.69, 9.17) is 0 Å². The Kier molecular flexibility index (Phi) is 1.53. The fourth-order valence-corrected chi connectivity index (χ4v) is 1.44. The van der Waals surface area contributed by atoms with Crippen molar-refractivity contribution in [2.45, 2.75) is 25.3 Å². The largest absolute Gasteiger partial charge is 0.264 e. The molecule has 0 bridgehead atoms. The highest BCUT2D eigenvalue weighted by molar-refractivity contribution is 5.13. The van der Waals surface area contributed by atoms with Crippen LogP contribution in [0.2, 0.25) is 0 Å². The maximum absolute atomic E-state index is 10.5. The van der Waals surface area contributed by atoms with Gasteiger partial charge in [0.25, 0.3) is 6.04 Å². The highest BCUT2D eigenvalue weighted by atomic mass is 16.6. The predicted octanol–water partition coefficient (Wildman–Crippen LogP) is 0.724. The minimum Gasteiger partial charge on any atom is -0.264 e. The van der Waals surface area contributed by atoms with Crippen LogP contribution in [0.15, 0.2) is 4.63 Å². The van der Waals surface area contributed by atoms with Crippen molar-refractivity contribution in [1.82, 2.24) is 10.3 Å². The molecule has 0 fully saturated rings. The van der Waals surface area contributed by atoms with Crippen LogP contribution in [-0.4, -0.2) is 15.2 Å². The fraction of sp³-hybridized carbons (Fsp3) is 0.667. The molecule has 0 saturated carbocycles. The standard InChI is InChI=1S/C6H7N3O3/c10-9(11)5-3-1-2-4-6(5)8-12-7-4/h5H,1-3H2/t5-/m0/s1. The molecule has 1 atom stereocenters. The van der Waals surface area contributed by atoms with Gasteiger partial charge in [0, 0.05) is 11.3 Å². The van der Waals surface area contributed by atoms with E-state index in [2.05, 4.69) is 14.9 Å². The summed E-state index contributed by atoms with van der Waals surface area (Å²) in [7, 11) is 0. The highest BCUT2D eigenvalue weighted by Crippen LogP contribution is 2.28. The van der Waals surface area contributed by atoms with Crippen LogP contribution in [0, 0.1) is 10.1 Å². The van der Waals surface area contributed by atoms with Gasteiger partial charge in [-0.3, -0.25) is 10.1 Å². The second-order valence-corrected chi connectivity index (χ2v) is 2.79. The quantitative estimate of drug-likeness (QED) is 0.457. The number of rotatable bonds is 1. The van der Waals surface area contributed by atoms with Crippen molar-refractivity contribution < 1.29 is 9.55 Å². The molecule has 1 aliphatic rings. The summed E-state index contributed by atoms with van der Waals surface area (Å²) < 4.78 is 4.44. The molecule has 1 aromatic heterocycles. The molecule has 0 radical (unpaired) electrons. The van der Waals surface area contributed by atoms with E-state index >= 15 is 0 Å². The van der Waals surface area contributed by atoms with Crippen molar-refractivity contribution in [2.75, 3.05) is 0 Å². The van der Waals surface area contributed by atoms with Crippen molar-refractivity contribution in [3.8, 4) is 0 Å². The van der Waals surface area contributed by atoms with Crippen molar-refractivity contribution >= 4 is 0 Å². The third-order valence-electron chi connectivity index (χ3n) is 2.05. The molecular weight excluding hydrogens is 162 g/mol. The molecule has 1 heterocycles. The van der Waals surface area contributed by atoms with E-state index < -0.39 is 6.04 Å². The number of hydrogen-bond donors (Lipinski definition) is 0. The van der Waals surface area contributed by atoms with E-state index in [0.29, 0.717) is 17.8 Å². The Morgan fingerprint density at radius 3 is 3.17 bits per heavy atom. The number of nitrogens with zero attached hydrogens (tertiary/aromatic N) is 3. The first-order chi connectivity index (χ1) is 5.79. The predicted molar refractivity (Wildman–Crippen MR) is 37.0 cm³/mol. The minimum atomic E-state index is -0.708. The average molecular weight is 169 g/mol. The number of aryl methyl sites for hydroxylation is 1. The van der Waals surface area contributed by atoms with Gasteiger partial charge in [0.15, 0.2) is 5.69 Å².